The van der Waals surface area contributed by atoms with Crippen LogP contribution in [0, 0.1) is 23.7 Å². The van der Waals surface area contributed by atoms with Crippen LogP contribution in [-0.2, 0) is 4.74 Å². The second kappa shape index (κ2) is 8.87. The first kappa shape index (κ1) is 16.1. The van der Waals surface area contributed by atoms with Crippen molar-refractivity contribution in [2.45, 2.75) is 71.1 Å². The van der Waals surface area contributed by atoms with Crippen LogP contribution in [0.1, 0.15) is 71.1 Å². The summed E-state index contributed by atoms with van der Waals surface area (Å²) in [5.74, 6) is 3.97. The molecule has 2 aliphatic carbocycles. The summed E-state index contributed by atoms with van der Waals surface area (Å²) in [4.78, 5) is 0. The summed E-state index contributed by atoms with van der Waals surface area (Å²) >= 11 is 0. The molecular weight excluding hydrogens is 244 g/mol. The Kier molecular flexibility index (Phi) is 7.13. The first-order valence-electron chi connectivity index (χ1n) is 9.02. The summed E-state index contributed by atoms with van der Waals surface area (Å²) in [7, 11) is 0. The van der Waals surface area contributed by atoms with E-state index >= 15 is 0 Å². The van der Waals surface area contributed by atoms with E-state index in [0.717, 1.165) is 36.9 Å². The van der Waals surface area contributed by atoms with E-state index < -0.39 is 0 Å². The smallest absolute Gasteiger partial charge is 0.0644 e. The summed E-state index contributed by atoms with van der Waals surface area (Å²) in [6, 6.07) is 0. The molecule has 0 aromatic heterocycles. The molecule has 2 fully saturated rings. The molecule has 2 aliphatic rings. The molecule has 0 unspecified atom stereocenters. The van der Waals surface area contributed by atoms with Crippen molar-refractivity contribution in [1.29, 1.82) is 0 Å². The maximum Gasteiger partial charge on any atom is 0.0644 e. The molecule has 0 atom stereocenters. The van der Waals surface area contributed by atoms with E-state index in [0.29, 0.717) is 0 Å². The van der Waals surface area contributed by atoms with Gasteiger partial charge in [0.2, 0.25) is 0 Å². The van der Waals surface area contributed by atoms with E-state index in [9.17, 15) is 0 Å². The number of rotatable bonds is 7. The summed E-state index contributed by atoms with van der Waals surface area (Å²) in [6.45, 7) is 7.73. The van der Waals surface area contributed by atoms with Gasteiger partial charge < -0.3 is 4.74 Å². The van der Waals surface area contributed by atoms with E-state index in [2.05, 4.69) is 13.5 Å². The summed E-state index contributed by atoms with van der Waals surface area (Å²) < 4.78 is 5.63. The highest BCUT2D eigenvalue weighted by atomic mass is 16.5. The molecule has 0 saturated heterocycles. The van der Waals surface area contributed by atoms with Crippen molar-refractivity contribution < 1.29 is 4.74 Å². The molecule has 116 valence electrons. The average molecular weight is 278 g/mol. The molecule has 2 saturated carbocycles. The van der Waals surface area contributed by atoms with Gasteiger partial charge in [0, 0.05) is 6.61 Å². The third-order valence-corrected chi connectivity index (χ3v) is 5.74. The van der Waals surface area contributed by atoms with E-state index in [-0.39, 0.29) is 0 Å². The van der Waals surface area contributed by atoms with E-state index in [1.165, 1.54) is 64.2 Å². The van der Waals surface area contributed by atoms with E-state index in [4.69, 9.17) is 4.74 Å². The molecular formula is C19H34O. The van der Waals surface area contributed by atoms with Crippen molar-refractivity contribution in [2.75, 3.05) is 13.2 Å². The third-order valence-electron chi connectivity index (χ3n) is 5.74. The molecule has 0 heterocycles. The second-order valence-electron chi connectivity index (χ2n) is 7.18. The first-order valence-corrected chi connectivity index (χ1v) is 9.02. The molecule has 1 heteroatoms. The number of hydrogen-bond donors (Lipinski definition) is 0. The largest absolute Gasteiger partial charge is 0.377 e. The van der Waals surface area contributed by atoms with Crippen LogP contribution in [0.4, 0.5) is 0 Å². The lowest BCUT2D eigenvalue weighted by atomic mass is 9.69. The maximum atomic E-state index is 5.63. The highest BCUT2D eigenvalue weighted by Gasteiger charge is 2.30. The van der Waals surface area contributed by atoms with Crippen LogP contribution >= 0.6 is 0 Å². The van der Waals surface area contributed by atoms with Crippen LogP contribution < -0.4 is 0 Å². The van der Waals surface area contributed by atoms with Crippen molar-refractivity contribution in [2.24, 2.45) is 23.7 Å². The van der Waals surface area contributed by atoms with Gasteiger partial charge in [-0.1, -0.05) is 38.7 Å². The standard InChI is InChI=1S/C19H34O/c1-3-5-16-6-10-18(11-7-16)19-12-8-17(9-13-19)15-20-14-4-2/h4,16-19H,2-3,5-15H2,1H3/t16-,17?,18-,19?. The minimum atomic E-state index is 0.724. The normalized spacial score (nSPS) is 34.9. The molecule has 0 aromatic rings. The molecule has 0 radical (unpaired) electrons. The number of ether oxygens (including phenoxy) is 1. The van der Waals surface area contributed by atoms with Gasteiger partial charge in [-0.3, -0.25) is 0 Å². The Balaban J connectivity index is 1.63. The van der Waals surface area contributed by atoms with Crippen LogP contribution in [0.15, 0.2) is 12.7 Å². The fourth-order valence-electron chi connectivity index (χ4n) is 4.50. The Labute approximate surface area is 126 Å². The lowest BCUT2D eigenvalue weighted by Crippen LogP contribution is -2.27. The van der Waals surface area contributed by atoms with Crippen molar-refractivity contribution >= 4 is 0 Å². The van der Waals surface area contributed by atoms with Gasteiger partial charge in [-0.25, -0.2) is 0 Å². The highest BCUT2D eigenvalue weighted by molar-refractivity contribution is 4.82. The zero-order valence-electron chi connectivity index (χ0n) is 13.5. The van der Waals surface area contributed by atoms with Crippen molar-refractivity contribution in [3.63, 3.8) is 0 Å². The molecule has 0 N–H and O–H groups in total. The summed E-state index contributed by atoms with van der Waals surface area (Å²) in [5.41, 5.74) is 0. The quantitative estimate of drug-likeness (QED) is 0.435. The van der Waals surface area contributed by atoms with Gasteiger partial charge >= 0.3 is 0 Å². The summed E-state index contributed by atoms with van der Waals surface area (Å²) in [5, 5.41) is 0. The van der Waals surface area contributed by atoms with Gasteiger partial charge in [-0.05, 0) is 62.2 Å². The fourth-order valence-corrected chi connectivity index (χ4v) is 4.50. The third kappa shape index (κ3) is 4.91. The predicted molar refractivity (Wildman–Crippen MR) is 86.8 cm³/mol. The second-order valence-corrected chi connectivity index (χ2v) is 7.18. The van der Waals surface area contributed by atoms with Crippen molar-refractivity contribution in [1.82, 2.24) is 0 Å². The van der Waals surface area contributed by atoms with Gasteiger partial charge in [0.05, 0.1) is 6.61 Å². The monoisotopic (exact) mass is 278 g/mol. The minimum absolute atomic E-state index is 0.724. The molecule has 1 nitrogen and oxygen atoms in total. The molecule has 0 amide bonds. The zero-order valence-corrected chi connectivity index (χ0v) is 13.5. The van der Waals surface area contributed by atoms with Crippen LogP contribution in [0.2, 0.25) is 0 Å². The predicted octanol–water partition coefficient (Wildman–Crippen LogP) is 5.60. The molecule has 20 heavy (non-hydrogen) atoms. The summed E-state index contributed by atoms with van der Waals surface area (Å²) in [6.07, 6.45) is 16.5. The fraction of sp³-hybridized carbons (Fsp3) is 0.895. The van der Waals surface area contributed by atoms with Gasteiger partial charge in [0.15, 0.2) is 0 Å². The van der Waals surface area contributed by atoms with E-state index in [1.807, 2.05) is 6.08 Å². The molecule has 2 rings (SSSR count). The van der Waals surface area contributed by atoms with Gasteiger partial charge in [0.25, 0.3) is 0 Å². The van der Waals surface area contributed by atoms with Crippen LogP contribution in [-0.4, -0.2) is 13.2 Å². The Hall–Kier alpha value is -0.300. The highest BCUT2D eigenvalue weighted by Crippen LogP contribution is 2.42. The Bertz CT molecular complexity index is 257. The zero-order chi connectivity index (χ0) is 14.2. The molecule has 0 spiro atoms. The van der Waals surface area contributed by atoms with Gasteiger partial charge in [-0.15, -0.1) is 6.58 Å². The van der Waals surface area contributed by atoms with Crippen molar-refractivity contribution in [3.8, 4) is 0 Å². The Morgan fingerprint density at radius 3 is 1.95 bits per heavy atom. The maximum absolute atomic E-state index is 5.63. The Morgan fingerprint density at radius 2 is 1.45 bits per heavy atom. The lowest BCUT2D eigenvalue weighted by molar-refractivity contribution is 0.0780. The van der Waals surface area contributed by atoms with Crippen LogP contribution in [0.5, 0.6) is 0 Å². The average Bonchev–Trinajstić information content (AvgIpc) is 2.49. The van der Waals surface area contributed by atoms with Crippen LogP contribution in [0.3, 0.4) is 0 Å². The minimum Gasteiger partial charge on any atom is -0.377 e. The molecule has 0 aliphatic heterocycles. The number of hydrogen-bond acceptors (Lipinski definition) is 1. The molecule has 0 bridgehead atoms. The van der Waals surface area contributed by atoms with Gasteiger partial charge in [-0.2, -0.15) is 0 Å². The SMILES string of the molecule is C=CCOCC1CCC([C@H]2CC[C@H](CCC)CC2)CC1. The van der Waals surface area contributed by atoms with E-state index in [1.54, 1.807) is 0 Å². The van der Waals surface area contributed by atoms with Crippen LogP contribution in [0.25, 0.3) is 0 Å². The lowest BCUT2D eigenvalue weighted by Gasteiger charge is -2.37. The molecule has 0 aromatic carbocycles. The van der Waals surface area contributed by atoms with Gasteiger partial charge in [0.1, 0.15) is 0 Å². The first-order chi connectivity index (χ1) is 9.83. The van der Waals surface area contributed by atoms with Crippen molar-refractivity contribution in [3.05, 3.63) is 12.7 Å². The topological polar surface area (TPSA) is 9.23 Å². The Morgan fingerprint density at radius 1 is 0.900 bits per heavy atom.